The third-order valence-corrected chi connectivity index (χ3v) is 5.33. The molecule has 4 rings (SSSR count). The van der Waals surface area contributed by atoms with Crippen LogP contribution in [0, 0.1) is 0 Å². The van der Waals surface area contributed by atoms with Crippen LogP contribution in [0.2, 0.25) is 0 Å². The van der Waals surface area contributed by atoms with E-state index in [0.717, 1.165) is 16.5 Å². The monoisotopic (exact) mass is 492 g/mol. The predicted molar refractivity (Wildman–Crippen MR) is 144 cm³/mol. The highest BCUT2D eigenvalue weighted by molar-refractivity contribution is 7.98. The average molecular weight is 493 g/mol. The zero-order valence-electron chi connectivity index (χ0n) is 18.7. The maximum absolute atomic E-state index is 13.8. The first-order valence-corrected chi connectivity index (χ1v) is 11.6. The molecule has 34 heavy (non-hydrogen) atoms. The van der Waals surface area contributed by atoms with Crippen molar-refractivity contribution in [3.63, 3.8) is 0 Å². The minimum Gasteiger partial charge on any atom is -0.478 e. The third-order valence-electron chi connectivity index (χ3n) is 5.12. The number of ether oxygens (including phenoxy) is 2. The number of hydrogen-bond acceptors (Lipinski definition) is 8. The molecule has 174 valence electrons. The molecule has 0 radical (unpaired) electrons. The molecule has 0 saturated heterocycles. The minimum absolute atomic E-state index is 0.229. The first-order valence-electron chi connectivity index (χ1n) is 10.6. The number of aliphatic imine (C=N–C) groups is 1. The summed E-state index contributed by atoms with van der Waals surface area (Å²) in [5.41, 5.74) is 9.53. The molecular weight excluding hydrogens is 468 g/mol. The Labute approximate surface area is 208 Å². The largest absolute Gasteiger partial charge is 0.478 e. The molecule has 0 bridgehead atoms. The van der Waals surface area contributed by atoms with Crippen molar-refractivity contribution in [3.8, 4) is 28.4 Å². The fraction of sp³-hybridized carbons (Fsp3) is 0.160. The molecule has 0 unspecified atom stereocenters. The lowest BCUT2D eigenvalue weighted by Gasteiger charge is -2.15. The maximum Gasteiger partial charge on any atom is 0.264 e. The Morgan fingerprint density at radius 1 is 1.12 bits per heavy atom. The summed E-state index contributed by atoms with van der Waals surface area (Å²) in [5.74, 6) is 1.02. The summed E-state index contributed by atoms with van der Waals surface area (Å²) in [6.45, 7) is 2.35. The predicted octanol–water partition coefficient (Wildman–Crippen LogP) is 4.60. The van der Waals surface area contributed by atoms with Crippen LogP contribution in [0.1, 0.15) is 12.5 Å². The summed E-state index contributed by atoms with van der Waals surface area (Å²) >= 11 is 8.26. The fourth-order valence-electron chi connectivity index (χ4n) is 3.63. The Morgan fingerprint density at radius 3 is 2.56 bits per heavy atom. The van der Waals surface area contributed by atoms with Gasteiger partial charge in [-0.1, -0.05) is 6.07 Å². The molecule has 4 aromatic rings. The SMILES string of the molecule is CCOc1ccc2cc(-c3ccc(N)c(C=NC)c3)c(=O)n(-c3ccc(OC(S)S)cc3)c2n1. The van der Waals surface area contributed by atoms with E-state index in [1.807, 2.05) is 31.2 Å². The molecule has 0 spiro atoms. The van der Waals surface area contributed by atoms with Crippen molar-refractivity contribution < 1.29 is 9.47 Å². The molecule has 0 saturated carbocycles. The first-order chi connectivity index (χ1) is 16.4. The molecule has 0 aliphatic heterocycles. The van der Waals surface area contributed by atoms with Gasteiger partial charge in [0.05, 0.1) is 12.3 Å². The van der Waals surface area contributed by atoms with E-state index in [1.165, 1.54) is 0 Å². The number of rotatable bonds is 7. The van der Waals surface area contributed by atoms with Crippen molar-refractivity contribution in [2.45, 2.75) is 11.7 Å². The van der Waals surface area contributed by atoms with Gasteiger partial charge in [0.25, 0.3) is 5.56 Å². The van der Waals surface area contributed by atoms with Crippen molar-refractivity contribution in [1.82, 2.24) is 9.55 Å². The van der Waals surface area contributed by atoms with Crippen LogP contribution in [0.4, 0.5) is 5.69 Å². The van der Waals surface area contributed by atoms with Gasteiger partial charge in [-0.05, 0) is 61.0 Å². The van der Waals surface area contributed by atoms with E-state index >= 15 is 0 Å². The van der Waals surface area contributed by atoms with Gasteiger partial charge in [0, 0.05) is 41.5 Å². The quantitative estimate of drug-likeness (QED) is 0.152. The van der Waals surface area contributed by atoms with E-state index < -0.39 is 4.77 Å². The van der Waals surface area contributed by atoms with Gasteiger partial charge in [0.1, 0.15) is 5.75 Å². The van der Waals surface area contributed by atoms with Crippen molar-refractivity contribution in [2.75, 3.05) is 19.4 Å². The number of anilines is 1. The maximum atomic E-state index is 13.8. The topological polar surface area (TPSA) is 91.7 Å². The zero-order valence-corrected chi connectivity index (χ0v) is 20.5. The van der Waals surface area contributed by atoms with E-state index in [9.17, 15) is 4.79 Å². The summed E-state index contributed by atoms with van der Waals surface area (Å²) in [5, 5.41) is 0.784. The Balaban J connectivity index is 1.97. The highest BCUT2D eigenvalue weighted by Gasteiger charge is 2.16. The molecule has 0 aliphatic carbocycles. The summed E-state index contributed by atoms with van der Waals surface area (Å²) in [7, 11) is 1.67. The number of thiol groups is 2. The van der Waals surface area contributed by atoms with E-state index in [2.05, 4.69) is 35.2 Å². The van der Waals surface area contributed by atoms with Crippen LogP contribution in [0.5, 0.6) is 11.6 Å². The third kappa shape index (κ3) is 4.90. The lowest BCUT2D eigenvalue weighted by molar-refractivity contribution is 0.328. The van der Waals surface area contributed by atoms with Gasteiger partial charge in [0.15, 0.2) is 10.4 Å². The molecule has 2 N–H and O–H groups in total. The number of nitrogens with zero attached hydrogens (tertiary/aromatic N) is 3. The van der Waals surface area contributed by atoms with Gasteiger partial charge >= 0.3 is 0 Å². The van der Waals surface area contributed by atoms with Gasteiger partial charge in [-0.15, -0.1) is 25.3 Å². The second kappa shape index (κ2) is 10.2. The molecule has 2 aromatic heterocycles. The summed E-state index contributed by atoms with van der Waals surface area (Å²) in [4.78, 5) is 22.5. The number of benzene rings is 2. The Kier molecular flexibility index (Phi) is 7.14. The average Bonchev–Trinajstić information content (AvgIpc) is 2.81. The van der Waals surface area contributed by atoms with E-state index in [4.69, 9.17) is 15.2 Å². The Morgan fingerprint density at radius 2 is 1.88 bits per heavy atom. The normalized spacial score (nSPS) is 11.4. The zero-order chi connectivity index (χ0) is 24.2. The molecule has 2 heterocycles. The summed E-state index contributed by atoms with van der Waals surface area (Å²) in [6, 6.07) is 18.1. The van der Waals surface area contributed by atoms with Gasteiger partial charge in [0.2, 0.25) is 5.88 Å². The van der Waals surface area contributed by atoms with E-state index in [0.29, 0.717) is 40.8 Å². The van der Waals surface area contributed by atoms with Crippen LogP contribution in [0.3, 0.4) is 0 Å². The van der Waals surface area contributed by atoms with Gasteiger partial charge in [-0.2, -0.15) is 4.98 Å². The fourth-order valence-corrected chi connectivity index (χ4v) is 3.87. The smallest absolute Gasteiger partial charge is 0.264 e. The van der Waals surface area contributed by atoms with Gasteiger partial charge < -0.3 is 15.2 Å². The van der Waals surface area contributed by atoms with Crippen LogP contribution in [-0.2, 0) is 0 Å². The van der Waals surface area contributed by atoms with Crippen molar-refractivity contribution >= 4 is 48.2 Å². The van der Waals surface area contributed by atoms with Crippen LogP contribution >= 0.6 is 25.3 Å². The Bertz CT molecular complexity index is 1420. The van der Waals surface area contributed by atoms with E-state index in [1.54, 1.807) is 54.2 Å². The number of hydrogen-bond donors (Lipinski definition) is 3. The molecule has 0 fully saturated rings. The first kappa shape index (κ1) is 23.7. The van der Waals surface area contributed by atoms with Gasteiger partial charge in [-0.25, -0.2) is 0 Å². The number of aromatic nitrogens is 2. The lowest BCUT2D eigenvalue weighted by atomic mass is 10.0. The molecule has 9 heteroatoms. The molecule has 7 nitrogen and oxygen atoms in total. The van der Waals surface area contributed by atoms with Crippen LogP contribution < -0.4 is 20.8 Å². The van der Waals surface area contributed by atoms with Crippen LogP contribution in [0.25, 0.3) is 27.8 Å². The van der Waals surface area contributed by atoms with E-state index in [-0.39, 0.29) is 5.56 Å². The van der Waals surface area contributed by atoms with Gasteiger partial charge in [-0.3, -0.25) is 14.4 Å². The minimum atomic E-state index is -0.556. The second-order valence-electron chi connectivity index (χ2n) is 7.36. The van der Waals surface area contributed by atoms with Crippen molar-refractivity contribution in [2.24, 2.45) is 4.99 Å². The molecule has 0 atom stereocenters. The summed E-state index contributed by atoms with van der Waals surface area (Å²) < 4.78 is 12.1. The Hall–Kier alpha value is -3.43. The van der Waals surface area contributed by atoms with Crippen molar-refractivity contribution in [3.05, 3.63) is 76.6 Å². The highest BCUT2D eigenvalue weighted by Crippen LogP contribution is 2.27. The van der Waals surface area contributed by atoms with Crippen LogP contribution in [0.15, 0.2) is 70.5 Å². The number of nitrogen functional groups attached to an aromatic ring is 1. The standard InChI is InChI=1S/C25H24N4O3S2/c1-3-31-22-11-5-16-13-20(15-4-10-21(26)17(12-15)14-27-2)24(30)29(23(16)28-22)18-6-8-19(9-7-18)32-25(33)34/h4-14,25,33-34H,3,26H2,1-2H3. The lowest BCUT2D eigenvalue weighted by Crippen LogP contribution is -2.21. The summed E-state index contributed by atoms with van der Waals surface area (Å²) in [6.07, 6.45) is 1.67. The number of pyridine rings is 2. The second-order valence-corrected chi connectivity index (χ2v) is 8.71. The molecule has 2 aromatic carbocycles. The molecule has 0 amide bonds. The number of fused-ring (bicyclic) bond motifs is 1. The number of nitrogens with two attached hydrogens (primary N) is 1. The van der Waals surface area contributed by atoms with Crippen LogP contribution in [-0.4, -0.2) is 34.2 Å². The molecule has 0 aliphatic rings. The highest BCUT2D eigenvalue weighted by atomic mass is 32.2. The van der Waals surface area contributed by atoms with Crippen molar-refractivity contribution in [1.29, 1.82) is 0 Å². The molecular formula is C25H24N4O3S2.